The van der Waals surface area contributed by atoms with Crippen LogP contribution in [0.15, 0.2) is 45.1 Å². The molecule has 0 radical (unpaired) electrons. The smallest absolute Gasteiger partial charge is 0.0586 e. The molecule has 0 saturated carbocycles. The predicted octanol–water partition coefficient (Wildman–Crippen LogP) is 5.34. The Morgan fingerprint density at radius 1 is 1.39 bits per heavy atom. The van der Waals surface area contributed by atoms with E-state index in [0.717, 1.165) is 14.4 Å². The molecule has 0 aliphatic heterocycles. The van der Waals surface area contributed by atoms with Crippen LogP contribution in [0.3, 0.4) is 0 Å². The van der Waals surface area contributed by atoms with E-state index in [0.29, 0.717) is 0 Å². The molecule has 2 rings (SSSR count). The van der Waals surface area contributed by atoms with E-state index in [1.54, 1.807) is 23.1 Å². The Morgan fingerprint density at radius 3 is 2.72 bits per heavy atom. The first-order chi connectivity index (χ1) is 8.56. The highest BCUT2D eigenvalue weighted by molar-refractivity contribution is 9.10. The lowest BCUT2D eigenvalue weighted by atomic mass is 10.2. The Hall–Kier alpha value is -0.0000000000000000833. The molecule has 0 fully saturated rings. The van der Waals surface area contributed by atoms with Gasteiger partial charge in [-0.25, -0.2) is 0 Å². The van der Waals surface area contributed by atoms with Crippen molar-refractivity contribution in [3.05, 3.63) is 50.1 Å². The zero-order valence-corrected chi connectivity index (χ0v) is 13.7. The van der Waals surface area contributed by atoms with E-state index in [-0.39, 0.29) is 11.3 Å². The molecule has 2 unspecified atom stereocenters. The molecule has 0 bridgehead atoms. The average Bonchev–Trinajstić information content (AvgIpc) is 2.72. The van der Waals surface area contributed by atoms with Crippen LogP contribution in [0.1, 0.15) is 17.1 Å². The summed E-state index contributed by atoms with van der Waals surface area (Å²) in [6.45, 7) is 2.04. The molecule has 0 aliphatic rings. The first-order valence-electron chi connectivity index (χ1n) is 5.48. The second-order valence-corrected chi connectivity index (χ2v) is 7.53. The summed E-state index contributed by atoms with van der Waals surface area (Å²) in [5.74, 6) is 0. The summed E-state index contributed by atoms with van der Waals surface area (Å²) in [6.07, 6.45) is 0. The minimum absolute atomic E-state index is 0.0829. The molecule has 0 aliphatic carbocycles. The minimum Gasteiger partial charge on any atom is -0.327 e. The lowest BCUT2D eigenvalue weighted by Crippen LogP contribution is -2.21. The normalized spacial score (nSPS) is 14.4. The fourth-order valence-corrected chi connectivity index (χ4v) is 4.74. The fraction of sp³-hybridized carbons (Fsp3) is 0.231. The molecule has 1 nitrogen and oxygen atoms in total. The van der Waals surface area contributed by atoms with Crippen molar-refractivity contribution in [2.45, 2.75) is 23.1 Å². The van der Waals surface area contributed by atoms with Gasteiger partial charge in [0.05, 0.1) is 5.25 Å². The third-order valence-corrected chi connectivity index (χ3v) is 6.03. The first kappa shape index (κ1) is 14.4. The van der Waals surface area contributed by atoms with E-state index >= 15 is 0 Å². The highest BCUT2D eigenvalue weighted by Crippen LogP contribution is 2.41. The average molecular weight is 363 g/mol. The molecule has 0 saturated heterocycles. The molecular weight excluding hydrogens is 350 g/mol. The van der Waals surface area contributed by atoms with Gasteiger partial charge in [0.25, 0.3) is 0 Å². The number of hydrogen-bond acceptors (Lipinski definition) is 3. The maximum absolute atomic E-state index is 6.10. The highest BCUT2D eigenvalue weighted by Gasteiger charge is 2.19. The molecule has 0 spiro atoms. The molecule has 2 aromatic rings. The first-order valence-corrected chi connectivity index (χ1v) is 8.41. The van der Waals surface area contributed by atoms with Gasteiger partial charge in [-0.3, -0.25) is 0 Å². The molecule has 18 heavy (non-hydrogen) atoms. The Labute approximate surface area is 129 Å². The van der Waals surface area contributed by atoms with Crippen LogP contribution in [0.5, 0.6) is 0 Å². The van der Waals surface area contributed by atoms with Gasteiger partial charge in [-0.05, 0) is 47.1 Å². The number of thiophene rings is 1. The van der Waals surface area contributed by atoms with Gasteiger partial charge in [-0.15, -0.1) is 23.1 Å². The van der Waals surface area contributed by atoms with Gasteiger partial charge in [0, 0.05) is 30.7 Å². The Balaban J connectivity index is 2.22. The van der Waals surface area contributed by atoms with Gasteiger partial charge in [-0.2, -0.15) is 0 Å². The Kier molecular flexibility index (Phi) is 5.15. The van der Waals surface area contributed by atoms with Crippen LogP contribution in [0.4, 0.5) is 0 Å². The third-order valence-electron chi connectivity index (χ3n) is 2.40. The summed E-state index contributed by atoms with van der Waals surface area (Å²) in [7, 11) is 0. The van der Waals surface area contributed by atoms with Crippen LogP contribution in [-0.4, -0.2) is 6.04 Å². The zero-order chi connectivity index (χ0) is 13.1. The maximum Gasteiger partial charge on any atom is 0.0586 e. The second kappa shape index (κ2) is 6.44. The summed E-state index contributed by atoms with van der Waals surface area (Å²) in [5.41, 5.74) is 6.10. The number of halogens is 2. The van der Waals surface area contributed by atoms with Gasteiger partial charge < -0.3 is 5.73 Å². The van der Waals surface area contributed by atoms with Crippen molar-refractivity contribution in [2.75, 3.05) is 0 Å². The number of thioether (sulfide) groups is 1. The van der Waals surface area contributed by atoms with Crippen molar-refractivity contribution in [3.8, 4) is 0 Å². The van der Waals surface area contributed by atoms with Crippen molar-refractivity contribution in [2.24, 2.45) is 5.73 Å². The second-order valence-electron chi connectivity index (χ2n) is 4.02. The monoisotopic (exact) mass is 361 g/mol. The van der Waals surface area contributed by atoms with Crippen molar-refractivity contribution in [1.29, 1.82) is 0 Å². The quantitative estimate of drug-likeness (QED) is 0.742. The Bertz CT molecular complexity index is 527. The van der Waals surface area contributed by atoms with Crippen LogP contribution < -0.4 is 5.73 Å². The number of benzene rings is 1. The summed E-state index contributed by atoms with van der Waals surface area (Å²) in [6, 6.07) is 10.1. The molecule has 1 heterocycles. The maximum atomic E-state index is 6.10. The molecule has 96 valence electrons. The molecule has 2 atom stereocenters. The highest BCUT2D eigenvalue weighted by atomic mass is 79.9. The summed E-state index contributed by atoms with van der Waals surface area (Å²) in [5, 5.41) is 3.10. The van der Waals surface area contributed by atoms with E-state index in [9.17, 15) is 0 Å². The lowest BCUT2D eigenvalue weighted by molar-refractivity contribution is 0.730. The van der Waals surface area contributed by atoms with Gasteiger partial charge in [-0.1, -0.05) is 17.7 Å². The van der Waals surface area contributed by atoms with Crippen LogP contribution in [-0.2, 0) is 0 Å². The molecule has 5 heteroatoms. The van der Waals surface area contributed by atoms with Crippen molar-refractivity contribution < 1.29 is 0 Å². The molecule has 1 aromatic heterocycles. The van der Waals surface area contributed by atoms with Crippen molar-refractivity contribution >= 4 is 50.6 Å². The van der Waals surface area contributed by atoms with E-state index in [1.807, 2.05) is 25.1 Å². The van der Waals surface area contributed by atoms with E-state index in [2.05, 4.69) is 33.4 Å². The van der Waals surface area contributed by atoms with Crippen LogP contribution in [0, 0.1) is 0 Å². The molecular formula is C13H13BrClNS2. The molecule has 1 aromatic carbocycles. The zero-order valence-electron chi connectivity index (χ0n) is 9.77. The standard InChI is InChI=1S/C13H13BrClNS2/c1-8(16)13(12-5-9(14)7-17-12)18-11-4-2-3-10(15)6-11/h2-8,13H,16H2,1H3. The van der Waals surface area contributed by atoms with E-state index < -0.39 is 0 Å². The van der Waals surface area contributed by atoms with Gasteiger partial charge in [0.2, 0.25) is 0 Å². The molecule has 2 N–H and O–H groups in total. The van der Waals surface area contributed by atoms with Gasteiger partial charge >= 0.3 is 0 Å². The van der Waals surface area contributed by atoms with Crippen molar-refractivity contribution in [1.82, 2.24) is 0 Å². The number of rotatable bonds is 4. The third kappa shape index (κ3) is 3.75. The van der Waals surface area contributed by atoms with Crippen LogP contribution in [0.25, 0.3) is 0 Å². The minimum atomic E-state index is 0.0829. The van der Waals surface area contributed by atoms with E-state index in [1.165, 1.54) is 4.88 Å². The van der Waals surface area contributed by atoms with Gasteiger partial charge in [0.15, 0.2) is 0 Å². The number of hydrogen-bond donors (Lipinski definition) is 1. The van der Waals surface area contributed by atoms with Gasteiger partial charge in [0.1, 0.15) is 0 Å². The summed E-state index contributed by atoms with van der Waals surface area (Å²) in [4.78, 5) is 2.43. The largest absolute Gasteiger partial charge is 0.327 e. The topological polar surface area (TPSA) is 26.0 Å². The fourth-order valence-electron chi connectivity index (χ4n) is 1.59. The lowest BCUT2D eigenvalue weighted by Gasteiger charge is -2.19. The predicted molar refractivity (Wildman–Crippen MR) is 85.7 cm³/mol. The Morgan fingerprint density at radius 2 is 2.17 bits per heavy atom. The van der Waals surface area contributed by atoms with Crippen molar-refractivity contribution in [3.63, 3.8) is 0 Å². The SMILES string of the molecule is CC(N)C(Sc1cccc(Cl)c1)c1cc(Br)cs1. The number of nitrogens with two attached hydrogens (primary N) is 1. The van der Waals surface area contributed by atoms with Crippen LogP contribution in [0.2, 0.25) is 5.02 Å². The summed E-state index contributed by atoms with van der Waals surface area (Å²) >= 11 is 13.0. The van der Waals surface area contributed by atoms with Crippen LogP contribution >= 0.6 is 50.6 Å². The molecule has 0 amide bonds. The van der Waals surface area contributed by atoms with E-state index in [4.69, 9.17) is 17.3 Å². The summed E-state index contributed by atoms with van der Waals surface area (Å²) < 4.78 is 1.11.